The van der Waals surface area contributed by atoms with Gasteiger partial charge >= 0.3 is 6.36 Å². The Bertz CT molecular complexity index is 942. The van der Waals surface area contributed by atoms with E-state index >= 15 is 0 Å². The van der Waals surface area contributed by atoms with Crippen LogP contribution in [0.4, 0.5) is 13.2 Å². The fraction of sp³-hybridized carbons (Fsp3) is 0.381. The number of hydrogen-bond donors (Lipinski definition) is 2. The van der Waals surface area contributed by atoms with Gasteiger partial charge in [-0.25, -0.2) is 0 Å². The molecule has 0 aliphatic rings. The number of rotatable bonds is 7. The van der Waals surface area contributed by atoms with Gasteiger partial charge in [-0.05, 0) is 43.7 Å². The lowest BCUT2D eigenvalue weighted by Gasteiger charge is -2.17. The predicted molar refractivity (Wildman–Crippen MR) is 103 cm³/mol. The molecule has 0 spiro atoms. The van der Waals surface area contributed by atoms with Crippen LogP contribution in [0.15, 0.2) is 30.3 Å². The van der Waals surface area contributed by atoms with Crippen molar-refractivity contribution in [3.05, 3.63) is 52.8 Å². The Labute approximate surface area is 172 Å². The molecule has 9 heteroatoms. The summed E-state index contributed by atoms with van der Waals surface area (Å²) in [7, 11) is 0. The van der Waals surface area contributed by atoms with Crippen molar-refractivity contribution in [2.75, 3.05) is 0 Å². The van der Waals surface area contributed by atoms with Gasteiger partial charge in [0.1, 0.15) is 17.3 Å². The number of hydrogen-bond acceptors (Lipinski definition) is 5. The summed E-state index contributed by atoms with van der Waals surface area (Å²) < 4.78 is 40.5. The highest BCUT2D eigenvalue weighted by atomic mass is 19.4. The third-order valence-corrected chi connectivity index (χ3v) is 4.32. The van der Waals surface area contributed by atoms with Crippen molar-refractivity contribution in [1.82, 2.24) is 10.3 Å². The number of Topliss-reactive ketones (excluding diaryl/α,β-unsaturated/α-hetero) is 1. The van der Waals surface area contributed by atoms with Crippen molar-refractivity contribution in [2.24, 2.45) is 5.92 Å². The maximum Gasteiger partial charge on any atom is 0.573 e. The van der Waals surface area contributed by atoms with Crippen LogP contribution in [0.3, 0.4) is 0 Å². The van der Waals surface area contributed by atoms with Gasteiger partial charge in [0, 0.05) is 29.8 Å². The molecule has 0 radical (unpaired) electrons. The zero-order valence-corrected chi connectivity index (χ0v) is 17.0. The second-order valence-corrected chi connectivity index (χ2v) is 7.25. The summed E-state index contributed by atoms with van der Waals surface area (Å²) in [5.41, 5.74) is 1.77. The maximum absolute atomic E-state index is 12.5. The van der Waals surface area contributed by atoms with Gasteiger partial charge in [0.05, 0.1) is 11.6 Å². The fourth-order valence-corrected chi connectivity index (χ4v) is 2.75. The number of aryl methyl sites for hydroxylation is 1. The minimum atomic E-state index is -4.90. The summed E-state index contributed by atoms with van der Waals surface area (Å²) in [6, 6.07) is 5.69. The minimum absolute atomic E-state index is 0.0434. The van der Waals surface area contributed by atoms with Gasteiger partial charge in [0.2, 0.25) is 0 Å². The first-order valence-electron chi connectivity index (χ1n) is 9.25. The van der Waals surface area contributed by atoms with Crippen LogP contribution in [-0.2, 0) is 11.2 Å². The van der Waals surface area contributed by atoms with Crippen LogP contribution in [0.1, 0.15) is 54.1 Å². The largest absolute Gasteiger partial charge is 0.573 e. The molecule has 2 aromatic rings. The smallest absolute Gasteiger partial charge is 0.507 e. The average Bonchev–Trinajstić information content (AvgIpc) is 2.59. The summed E-state index contributed by atoms with van der Waals surface area (Å²) in [5.74, 6) is -2.03. The second kappa shape index (κ2) is 9.15. The van der Waals surface area contributed by atoms with Crippen molar-refractivity contribution in [3.63, 3.8) is 0 Å². The average molecular weight is 424 g/mol. The van der Waals surface area contributed by atoms with E-state index in [0.717, 1.165) is 18.2 Å². The van der Waals surface area contributed by atoms with Crippen molar-refractivity contribution in [3.8, 4) is 11.5 Å². The summed E-state index contributed by atoms with van der Waals surface area (Å²) >= 11 is 0. The number of ketones is 1. The molecule has 0 saturated heterocycles. The Morgan fingerprint density at radius 2 is 1.83 bits per heavy atom. The minimum Gasteiger partial charge on any atom is -0.507 e. The molecule has 0 bridgehead atoms. The predicted octanol–water partition coefficient (Wildman–Crippen LogP) is 4.25. The number of alkyl halides is 3. The number of aromatic nitrogens is 1. The van der Waals surface area contributed by atoms with Crippen molar-refractivity contribution in [1.29, 1.82) is 0 Å². The van der Waals surface area contributed by atoms with Crippen LogP contribution < -0.4 is 10.1 Å². The standard InChI is InChI=1S/C21H23F3N2O4/c1-11(2)18(27)9-15-8-14(7-12(3)25-15)13(4)26-20(29)17-6-5-16(10-19(17)28)30-21(22,23)24/h5-8,10-11,13,28H,9H2,1-4H3,(H,26,29). The van der Waals surface area contributed by atoms with Gasteiger partial charge in [-0.1, -0.05) is 13.8 Å². The van der Waals surface area contributed by atoms with E-state index in [2.05, 4.69) is 15.0 Å². The van der Waals surface area contributed by atoms with E-state index in [1.807, 2.05) is 0 Å². The molecule has 30 heavy (non-hydrogen) atoms. The highest BCUT2D eigenvalue weighted by Gasteiger charge is 2.31. The number of phenolic OH excluding ortho intramolecular Hbond substituents is 1. The molecule has 1 amide bonds. The molecule has 1 unspecified atom stereocenters. The zero-order valence-electron chi connectivity index (χ0n) is 17.0. The van der Waals surface area contributed by atoms with Gasteiger partial charge in [-0.3, -0.25) is 14.6 Å². The molecule has 0 aliphatic heterocycles. The molecule has 1 atom stereocenters. The van der Waals surface area contributed by atoms with Gasteiger partial charge in [-0.15, -0.1) is 13.2 Å². The van der Waals surface area contributed by atoms with Crippen molar-refractivity contribution < 1.29 is 32.6 Å². The van der Waals surface area contributed by atoms with E-state index in [9.17, 15) is 27.9 Å². The highest BCUT2D eigenvalue weighted by Crippen LogP contribution is 2.28. The first kappa shape index (κ1) is 23.2. The quantitative estimate of drug-likeness (QED) is 0.694. The number of carbonyl (C=O) groups excluding carboxylic acids is 2. The second-order valence-electron chi connectivity index (χ2n) is 7.25. The van der Waals surface area contributed by atoms with Gasteiger partial charge < -0.3 is 15.2 Å². The van der Waals surface area contributed by atoms with Gasteiger partial charge in [0.15, 0.2) is 0 Å². The lowest BCUT2D eigenvalue weighted by molar-refractivity contribution is -0.274. The monoisotopic (exact) mass is 424 g/mol. The Morgan fingerprint density at radius 1 is 1.17 bits per heavy atom. The first-order valence-corrected chi connectivity index (χ1v) is 9.25. The SMILES string of the molecule is Cc1cc(C(C)NC(=O)c2ccc(OC(F)(F)F)cc2O)cc(CC(=O)C(C)C)n1. The molecule has 2 rings (SSSR count). The first-order chi connectivity index (χ1) is 13.9. The van der Waals surface area contributed by atoms with Gasteiger partial charge in [0.25, 0.3) is 5.91 Å². The van der Waals surface area contributed by atoms with E-state index in [0.29, 0.717) is 17.0 Å². The summed E-state index contributed by atoms with van der Waals surface area (Å²) in [6.45, 7) is 7.09. The molecule has 1 aromatic carbocycles. The van der Waals surface area contributed by atoms with E-state index in [4.69, 9.17) is 0 Å². The number of carbonyl (C=O) groups is 2. The molecule has 162 valence electrons. The lowest BCUT2D eigenvalue weighted by Crippen LogP contribution is -2.27. The van der Waals surface area contributed by atoms with Crippen LogP contribution >= 0.6 is 0 Å². The van der Waals surface area contributed by atoms with Crippen LogP contribution in [0, 0.1) is 12.8 Å². The highest BCUT2D eigenvalue weighted by molar-refractivity contribution is 5.97. The summed E-state index contributed by atoms with van der Waals surface area (Å²) in [6.07, 6.45) is -4.73. The molecule has 0 fully saturated rings. The molecule has 0 saturated carbocycles. The molecular weight excluding hydrogens is 401 g/mol. The van der Waals surface area contributed by atoms with Crippen LogP contribution in [0.25, 0.3) is 0 Å². The Morgan fingerprint density at radius 3 is 2.40 bits per heavy atom. The lowest BCUT2D eigenvalue weighted by atomic mass is 10.0. The number of ether oxygens (including phenoxy) is 1. The van der Waals surface area contributed by atoms with E-state index < -0.39 is 29.8 Å². The fourth-order valence-electron chi connectivity index (χ4n) is 2.75. The molecule has 1 heterocycles. The number of nitrogens with zero attached hydrogens (tertiary/aromatic N) is 1. The van der Waals surface area contributed by atoms with Crippen LogP contribution in [0.5, 0.6) is 11.5 Å². The van der Waals surface area contributed by atoms with Crippen molar-refractivity contribution >= 4 is 11.7 Å². The number of aromatic hydroxyl groups is 1. The maximum atomic E-state index is 12.5. The summed E-state index contributed by atoms with van der Waals surface area (Å²) in [5, 5.41) is 12.6. The Balaban J connectivity index is 2.16. The number of phenols is 1. The number of pyridine rings is 1. The zero-order chi connectivity index (χ0) is 22.6. The normalized spacial score (nSPS) is 12.5. The number of halogens is 3. The van der Waals surface area contributed by atoms with E-state index in [1.165, 1.54) is 0 Å². The van der Waals surface area contributed by atoms with E-state index in [1.54, 1.807) is 39.8 Å². The Kier molecular flexibility index (Phi) is 7.07. The third kappa shape index (κ3) is 6.47. The van der Waals surface area contributed by atoms with Crippen molar-refractivity contribution in [2.45, 2.75) is 46.5 Å². The topological polar surface area (TPSA) is 88.5 Å². The number of benzene rings is 1. The van der Waals surface area contributed by atoms with Gasteiger partial charge in [-0.2, -0.15) is 0 Å². The van der Waals surface area contributed by atoms with E-state index in [-0.39, 0.29) is 23.7 Å². The third-order valence-electron chi connectivity index (χ3n) is 4.32. The van der Waals surface area contributed by atoms with Crippen LogP contribution in [0.2, 0.25) is 0 Å². The Hall–Kier alpha value is -3.10. The number of nitrogens with one attached hydrogen (secondary N) is 1. The number of amides is 1. The molecule has 0 aliphatic carbocycles. The summed E-state index contributed by atoms with van der Waals surface area (Å²) in [4.78, 5) is 28.8. The molecular formula is C21H23F3N2O4. The molecule has 2 N–H and O–H groups in total. The van der Waals surface area contributed by atoms with Crippen LogP contribution in [-0.4, -0.2) is 28.1 Å². The molecule has 1 aromatic heterocycles. The molecule has 6 nitrogen and oxygen atoms in total.